The zero-order chi connectivity index (χ0) is 28.5. The smallest absolute Gasteiger partial charge is 0.475 e. The second-order valence-electron chi connectivity index (χ2n) is 7.98. The second kappa shape index (κ2) is 13.2. The molecule has 38 heavy (non-hydrogen) atoms. The van der Waals surface area contributed by atoms with Gasteiger partial charge in [0.25, 0.3) is 5.91 Å². The van der Waals surface area contributed by atoms with Crippen LogP contribution in [0.2, 0.25) is 0 Å². The maximum Gasteiger partial charge on any atom is 0.490 e. The zero-order valence-corrected chi connectivity index (χ0v) is 19.4. The van der Waals surface area contributed by atoms with Crippen LogP contribution in [0, 0.1) is 0 Å². The largest absolute Gasteiger partial charge is 0.490 e. The highest BCUT2D eigenvalue weighted by molar-refractivity contribution is 5.94. The molecule has 4 rings (SSSR count). The molecule has 0 saturated carbocycles. The first-order valence-electron chi connectivity index (χ1n) is 10.9. The van der Waals surface area contributed by atoms with Crippen LogP contribution in [0.4, 0.5) is 32.0 Å². The Bertz CT molecular complexity index is 1020. The number of carbonyl (C=O) groups is 3. The first-order chi connectivity index (χ1) is 17.7. The van der Waals surface area contributed by atoms with Crippen molar-refractivity contribution in [2.75, 3.05) is 11.9 Å². The van der Waals surface area contributed by atoms with E-state index >= 15 is 0 Å². The van der Waals surface area contributed by atoms with Crippen molar-refractivity contribution in [3.63, 3.8) is 0 Å². The quantitative estimate of drug-likeness (QED) is 0.482. The van der Waals surface area contributed by atoms with E-state index in [0.29, 0.717) is 11.7 Å². The van der Waals surface area contributed by atoms with E-state index in [1.165, 1.54) is 0 Å². The third-order valence-corrected chi connectivity index (χ3v) is 5.31. The number of hydrogen-bond acceptors (Lipinski definition) is 7. The summed E-state index contributed by atoms with van der Waals surface area (Å²) < 4.78 is 75.0. The minimum absolute atomic E-state index is 0.0778. The van der Waals surface area contributed by atoms with Crippen LogP contribution in [-0.4, -0.2) is 75.1 Å². The number of nitrogens with zero attached hydrogens (tertiary/aromatic N) is 2. The molecule has 2 fully saturated rings. The Balaban J connectivity index is 0.000000301. The van der Waals surface area contributed by atoms with Crippen molar-refractivity contribution in [3.8, 4) is 0 Å². The minimum Gasteiger partial charge on any atom is -0.475 e. The summed E-state index contributed by atoms with van der Waals surface area (Å²) in [5, 5.41) is 17.1. The van der Waals surface area contributed by atoms with Crippen molar-refractivity contribution in [2.45, 2.75) is 56.4 Å². The highest BCUT2D eigenvalue weighted by Gasteiger charge is 2.42. The number of likely N-dealkylation sites (tertiary alicyclic amines) is 1. The molecule has 2 aromatic rings. The Labute approximate surface area is 211 Å². The molecule has 1 amide bonds. The fraction of sp³-hybridized carbons (Fsp3) is 0.455. The van der Waals surface area contributed by atoms with Gasteiger partial charge in [-0.15, -0.1) is 0 Å². The third-order valence-electron chi connectivity index (χ3n) is 5.31. The van der Waals surface area contributed by atoms with Crippen LogP contribution < -0.4 is 5.32 Å². The molecule has 4 heterocycles. The molecule has 16 heteroatoms. The van der Waals surface area contributed by atoms with Crippen LogP contribution in [0.25, 0.3) is 0 Å². The molecule has 0 spiro atoms. The van der Waals surface area contributed by atoms with Crippen molar-refractivity contribution in [1.82, 2.24) is 9.88 Å². The number of ether oxygens (including phenoxy) is 1. The predicted molar refractivity (Wildman–Crippen MR) is 116 cm³/mol. The first-order valence-corrected chi connectivity index (χ1v) is 10.9. The van der Waals surface area contributed by atoms with Crippen LogP contribution in [0.3, 0.4) is 0 Å². The summed E-state index contributed by atoms with van der Waals surface area (Å²) in [6.45, 7) is 1.79. The number of halogens is 6. The van der Waals surface area contributed by atoms with Crippen LogP contribution in [0.1, 0.15) is 25.0 Å². The number of alkyl halides is 6. The van der Waals surface area contributed by atoms with Crippen LogP contribution in [0.5, 0.6) is 0 Å². The lowest BCUT2D eigenvalue weighted by Gasteiger charge is -2.35. The van der Waals surface area contributed by atoms with Gasteiger partial charge >= 0.3 is 24.3 Å². The Morgan fingerprint density at radius 2 is 1.63 bits per heavy atom. The number of furan rings is 1. The third kappa shape index (κ3) is 9.66. The molecule has 3 atom stereocenters. The summed E-state index contributed by atoms with van der Waals surface area (Å²) in [6.07, 6.45) is -2.72. The van der Waals surface area contributed by atoms with Gasteiger partial charge in [0.15, 0.2) is 0 Å². The van der Waals surface area contributed by atoms with E-state index in [0.717, 1.165) is 38.1 Å². The number of fused-ring (bicyclic) bond motifs is 1. The summed E-state index contributed by atoms with van der Waals surface area (Å²) in [4.78, 5) is 36.6. The maximum absolute atomic E-state index is 12.4. The van der Waals surface area contributed by atoms with Crippen LogP contribution >= 0.6 is 0 Å². The van der Waals surface area contributed by atoms with Gasteiger partial charge in [0, 0.05) is 18.8 Å². The number of hydrogen-bond donors (Lipinski definition) is 3. The van der Waals surface area contributed by atoms with E-state index in [-0.39, 0.29) is 18.1 Å². The van der Waals surface area contributed by atoms with Gasteiger partial charge in [-0.1, -0.05) is 0 Å². The summed E-state index contributed by atoms with van der Waals surface area (Å²) in [7, 11) is 0. The molecule has 3 N–H and O–H groups in total. The van der Waals surface area contributed by atoms with Gasteiger partial charge in [0.1, 0.15) is 11.9 Å². The Morgan fingerprint density at radius 3 is 2.13 bits per heavy atom. The van der Waals surface area contributed by atoms with Gasteiger partial charge in [-0.2, -0.15) is 26.3 Å². The molecule has 210 valence electrons. The van der Waals surface area contributed by atoms with Crippen molar-refractivity contribution < 1.29 is 60.1 Å². The Kier molecular flexibility index (Phi) is 10.6. The average Bonchev–Trinajstić information content (AvgIpc) is 3.49. The number of amides is 1. The van der Waals surface area contributed by atoms with Crippen molar-refractivity contribution >= 4 is 23.5 Å². The number of nitrogens with one attached hydrogen (secondary N) is 1. The van der Waals surface area contributed by atoms with Gasteiger partial charge in [-0.25, -0.2) is 9.59 Å². The summed E-state index contributed by atoms with van der Waals surface area (Å²) >= 11 is 0. The molecule has 0 aromatic carbocycles. The number of pyridine rings is 1. The monoisotopic (exact) mass is 555 g/mol. The van der Waals surface area contributed by atoms with Crippen LogP contribution in [-0.2, 0) is 25.7 Å². The van der Waals surface area contributed by atoms with Crippen molar-refractivity contribution in [2.24, 2.45) is 0 Å². The number of carbonyl (C=O) groups excluding carboxylic acids is 1. The molecule has 2 aromatic heterocycles. The summed E-state index contributed by atoms with van der Waals surface area (Å²) in [5.74, 6) is -4.61. The highest BCUT2D eigenvalue weighted by atomic mass is 19.4. The van der Waals surface area contributed by atoms with E-state index in [4.69, 9.17) is 29.0 Å². The molecule has 10 nitrogen and oxygen atoms in total. The predicted octanol–water partition coefficient (Wildman–Crippen LogP) is 3.70. The average molecular weight is 555 g/mol. The van der Waals surface area contributed by atoms with Gasteiger partial charge in [-0.05, 0) is 43.5 Å². The van der Waals surface area contributed by atoms with E-state index in [1.807, 2.05) is 18.2 Å². The van der Waals surface area contributed by atoms with Gasteiger partial charge < -0.3 is 24.7 Å². The van der Waals surface area contributed by atoms with E-state index in [1.54, 1.807) is 24.7 Å². The number of carboxylic acids is 2. The topological polar surface area (TPSA) is 142 Å². The molecule has 0 unspecified atom stereocenters. The van der Waals surface area contributed by atoms with Crippen molar-refractivity contribution in [3.05, 3.63) is 48.7 Å². The molecular weight excluding hydrogens is 532 g/mol. The lowest BCUT2D eigenvalue weighted by Crippen LogP contribution is -2.46. The molecule has 0 aliphatic carbocycles. The van der Waals surface area contributed by atoms with E-state index in [9.17, 15) is 31.1 Å². The maximum atomic E-state index is 12.4. The first kappa shape index (κ1) is 30.6. The van der Waals surface area contributed by atoms with Gasteiger partial charge in [0.05, 0.1) is 30.8 Å². The number of aliphatic carboxylic acids is 2. The second-order valence-corrected chi connectivity index (χ2v) is 7.98. The molecule has 0 bridgehead atoms. The molecule has 2 saturated heterocycles. The van der Waals surface area contributed by atoms with E-state index in [2.05, 4.69) is 15.2 Å². The number of rotatable bonds is 4. The lowest BCUT2D eigenvalue weighted by molar-refractivity contribution is -0.193. The lowest BCUT2D eigenvalue weighted by atomic mass is 9.98. The normalized spacial score (nSPS) is 21.2. The number of anilines is 1. The Hall–Kier alpha value is -3.66. The van der Waals surface area contributed by atoms with Crippen LogP contribution in [0.15, 0.2) is 47.3 Å². The van der Waals surface area contributed by atoms with Gasteiger partial charge in [-0.3, -0.25) is 14.7 Å². The SMILES string of the molecule is O=C(Nc1cccnc1)[C@@H]1CC[C@@H]2[C@@H](CCN2Cc2ccco2)O1.O=C(O)C(F)(F)F.O=C(O)C(F)(F)F. The zero-order valence-electron chi connectivity index (χ0n) is 19.4. The fourth-order valence-corrected chi connectivity index (χ4v) is 3.67. The highest BCUT2D eigenvalue weighted by Crippen LogP contribution is 2.33. The molecule has 2 aliphatic rings. The molecular formula is C22H23F6N3O7. The summed E-state index contributed by atoms with van der Waals surface area (Å²) in [5.41, 5.74) is 0.707. The fourth-order valence-electron chi connectivity index (χ4n) is 3.67. The molecule has 2 aliphatic heterocycles. The number of carboxylic acid groups (broad SMARTS) is 2. The Morgan fingerprint density at radius 1 is 1.00 bits per heavy atom. The standard InChI is InChI=1S/C18H21N3O3.2C2HF3O2/c22-18(20-13-3-1-8-19-11-13)17-6-5-15-16(24-17)7-9-21(15)12-14-4-2-10-23-14;2*3-2(4,5)1(6)7/h1-4,8,10-11,15-17H,5-7,9,12H2,(H,20,22);2*(H,6,7)/t15-,16-,17+;;/m1../s1. The minimum atomic E-state index is -5.08. The van der Waals surface area contributed by atoms with E-state index < -0.39 is 24.3 Å². The summed E-state index contributed by atoms with van der Waals surface area (Å²) in [6, 6.07) is 7.92. The van der Waals surface area contributed by atoms with Gasteiger partial charge in [0.2, 0.25) is 0 Å². The number of aromatic nitrogens is 1. The van der Waals surface area contributed by atoms with Crippen molar-refractivity contribution in [1.29, 1.82) is 0 Å². The molecule has 0 radical (unpaired) electrons.